The second kappa shape index (κ2) is 13.5. The summed E-state index contributed by atoms with van der Waals surface area (Å²) in [4.78, 5) is 9.14. The lowest BCUT2D eigenvalue weighted by atomic mass is 10.2. The van der Waals surface area contributed by atoms with Crippen molar-refractivity contribution in [2.75, 3.05) is 53.6 Å². The topological polar surface area (TPSA) is 75.4 Å². The van der Waals surface area contributed by atoms with Crippen molar-refractivity contribution in [2.45, 2.75) is 19.5 Å². The maximum Gasteiger partial charge on any atom is 0.194 e. The van der Waals surface area contributed by atoms with Gasteiger partial charge in [0.2, 0.25) is 0 Å². The molecule has 0 unspecified atom stereocenters. The molecule has 0 radical (unpaired) electrons. The molecule has 3 rings (SSSR count). The van der Waals surface area contributed by atoms with Gasteiger partial charge in [-0.25, -0.2) is 0 Å². The number of hydrogen-bond acceptors (Lipinski definition) is 6. The van der Waals surface area contributed by atoms with Gasteiger partial charge < -0.3 is 24.2 Å². The van der Waals surface area contributed by atoms with Crippen LogP contribution in [0.5, 0.6) is 5.75 Å². The third-order valence-electron chi connectivity index (χ3n) is 4.87. The second-order valence-electron chi connectivity index (χ2n) is 7.00. The molecule has 0 spiro atoms. The molecule has 166 valence electrons. The van der Waals surface area contributed by atoms with Crippen LogP contribution in [0.3, 0.4) is 0 Å². The Labute approximate surface area is 195 Å². The van der Waals surface area contributed by atoms with E-state index in [2.05, 4.69) is 37.4 Å². The number of nitrogens with one attached hydrogen (secondary N) is 1. The zero-order valence-electron chi connectivity index (χ0n) is 17.7. The standard InChI is InChI=1S/C21H31N5O3.HI/c1-22-21(26-10-8-25(9-11-26)17-19-7-14-29-24-19)23-16-18-5-3-6-20(15-18)28-13-4-12-27-2;/h3,5-7,14-15H,4,8-13,16-17H2,1-2H3,(H,22,23);1H. The van der Waals surface area contributed by atoms with Crippen LogP contribution < -0.4 is 10.1 Å². The quantitative estimate of drug-likeness (QED) is 0.232. The highest BCUT2D eigenvalue weighted by Crippen LogP contribution is 2.14. The van der Waals surface area contributed by atoms with Gasteiger partial charge >= 0.3 is 0 Å². The van der Waals surface area contributed by atoms with Crippen molar-refractivity contribution in [3.8, 4) is 5.75 Å². The van der Waals surface area contributed by atoms with E-state index < -0.39 is 0 Å². The Bertz CT molecular complexity index is 749. The number of methoxy groups -OCH3 is 1. The van der Waals surface area contributed by atoms with Crippen molar-refractivity contribution in [2.24, 2.45) is 4.99 Å². The molecule has 2 heterocycles. The number of hydrogen-bond donors (Lipinski definition) is 1. The van der Waals surface area contributed by atoms with Crippen LogP contribution in [0.25, 0.3) is 0 Å². The van der Waals surface area contributed by atoms with Crippen LogP contribution in [0.2, 0.25) is 0 Å². The molecule has 1 aliphatic rings. The van der Waals surface area contributed by atoms with E-state index >= 15 is 0 Å². The van der Waals surface area contributed by atoms with E-state index in [-0.39, 0.29) is 24.0 Å². The summed E-state index contributed by atoms with van der Waals surface area (Å²) in [7, 11) is 3.54. The monoisotopic (exact) mass is 529 g/mol. The number of aromatic nitrogens is 1. The number of ether oxygens (including phenoxy) is 2. The summed E-state index contributed by atoms with van der Waals surface area (Å²) in [5, 5.41) is 7.47. The number of guanidine groups is 1. The minimum atomic E-state index is 0. The number of halogens is 1. The van der Waals surface area contributed by atoms with Crippen molar-refractivity contribution in [3.05, 3.63) is 47.9 Å². The molecule has 1 N–H and O–H groups in total. The average molecular weight is 529 g/mol. The fourth-order valence-electron chi connectivity index (χ4n) is 3.32. The number of rotatable bonds is 9. The lowest BCUT2D eigenvalue weighted by Gasteiger charge is -2.36. The zero-order valence-corrected chi connectivity index (χ0v) is 20.1. The maximum absolute atomic E-state index is 5.79. The first-order valence-corrected chi connectivity index (χ1v) is 10.1. The van der Waals surface area contributed by atoms with Gasteiger partial charge in [0.1, 0.15) is 12.0 Å². The Kier molecular flexibility index (Phi) is 11.0. The van der Waals surface area contributed by atoms with Crippen molar-refractivity contribution in [1.29, 1.82) is 0 Å². The Morgan fingerprint density at radius 3 is 2.73 bits per heavy atom. The average Bonchev–Trinajstić information content (AvgIpc) is 3.26. The third-order valence-corrected chi connectivity index (χ3v) is 4.87. The molecule has 2 aromatic rings. The highest BCUT2D eigenvalue weighted by molar-refractivity contribution is 14.0. The summed E-state index contributed by atoms with van der Waals surface area (Å²) >= 11 is 0. The molecular formula is C21H32IN5O3. The predicted octanol–water partition coefficient (Wildman–Crippen LogP) is 2.60. The fourth-order valence-corrected chi connectivity index (χ4v) is 3.32. The van der Waals surface area contributed by atoms with Gasteiger partial charge in [-0.2, -0.15) is 0 Å². The summed E-state index contributed by atoms with van der Waals surface area (Å²) in [6.45, 7) is 6.71. The molecule has 9 heteroatoms. The summed E-state index contributed by atoms with van der Waals surface area (Å²) in [5.74, 6) is 1.81. The van der Waals surface area contributed by atoms with E-state index in [0.29, 0.717) is 19.8 Å². The van der Waals surface area contributed by atoms with Gasteiger partial charge in [-0.15, -0.1) is 24.0 Å². The Morgan fingerprint density at radius 2 is 2.03 bits per heavy atom. The lowest BCUT2D eigenvalue weighted by Crippen LogP contribution is -2.52. The van der Waals surface area contributed by atoms with E-state index in [1.54, 1.807) is 13.4 Å². The van der Waals surface area contributed by atoms with Crippen LogP contribution in [0.15, 0.2) is 46.1 Å². The van der Waals surface area contributed by atoms with Gasteiger partial charge in [-0.3, -0.25) is 9.89 Å². The molecule has 8 nitrogen and oxygen atoms in total. The molecular weight excluding hydrogens is 497 g/mol. The van der Waals surface area contributed by atoms with E-state index in [4.69, 9.17) is 14.0 Å². The molecule has 1 aliphatic heterocycles. The van der Waals surface area contributed by atoms with E-state index in [9.17, 15) is 0 Å². The van der Waals surface area contributed by atoms with Crippen LogP contribution in [0.4, 0.5) is 0 Å². The highest BCUT2D eigenvalue weighted by Gasteiger charge is 2.20. The van der Waals surface area contributed by atoms with Gasteiger partial charge in [0.25, 0.3) is 0 Å². The molecule has 0 atom stereocenters. The Hall–Kier alpha value is -1.85. The van der Waals surface area contributed by atoms with Crippen molar-refractivity contribution in [3.63, 3.8) is 0 Å². The smallest absolute Gasteiger partial charge is 0.194 e. The summed E-state index contributed by atoms with van der Waals surface area (Å²) in [6, 6.07) is 10.1. The first-order valence-electron chi connectivity index (χ1n) is 10.1. The number of aliphatic imine (C=N–C) groups is 1. The Morgan fingerprint density at radius 1 is 1.20 bits per heavy atom. The second-order valence-corrected chi connectivity index (χ2v) is 7.00. The molecule has 1 aromatic heterocycles. The molecule has 0 aliphatic carbocycles. The maximum atomic E-state index is 5.79. The number of nitrogens with zero attached hydrogens (tertiary/aromatic N) is 4. The van der Waals surface area contributed by atoms with Crippen LogP contribution in [-0.2, 0) is 17.8 Å². The zero-order chi connectivity index (χ0) is 20.3. The molecule has 0 amide bonds. The van der Waals surface area contributed by atoms with E-state index in [0.717, 1.165) is 56.5 Å². The van der Waals surface area contributed by atoms with Gasteiger partial charge in [-0.05, 0) is 17.7 Å². The van der Waals surface area contributed by atoms with Gasteiger partial charge in [0.15, 0.2) is 5.96 Å². The fraction of sp³-hybridized carbons (Fsp3) is 0.524. The SMILES string of the molecule is CN=C(NCc1cccc(OCCCOC)c1)N1CCN(Cc2ccon2)CC1.I. The van der Waals surface area contributed by atoms with Crippen molar-refractivity contribution >= 4 is 29.9 Å². The van der Waals surface area contributed by atoms with Crippen molar-refractivity contribution < 1.29 is 14.0 Å². The molecule has 1 fully saturated rings. The minimum Gasteiger partial charge on any atom is -0.493 e. The first kappa shape index (κ1) is 24.4. The molecule has 30 heavy (non-hydrogen) atoms. The molecule has 0 bridgehead atoms. The number of benzene rings is 1. The molecule has 1 saturated heterocycles. The molecule has 0 saturated carbocycles. The first-order chi connectivity index (χ1) is 14.3. The van der Waals surface area contributed by atoms with Gasteiger partial charge in [0, 0.05) is 72.5 Å². The molecule has 1 aromatic carbocycles. The predicted molar refractivity (Wildman–Crippen MR) is 127 cm³/mol. The summed E-state index contributed by atoms with van der Waals surface area (Å²) < 4.78 is 15.8. The van der Waals surface area contributed by atoms with Gasteiger partial charge in [0.05, 0.1) is 12.3 Å². The van der Waals surface area contributed by atoms with Crippen LogP contribution in [0.1, 0.15) is 17.7 Å². The Balaban J connectivity index is 0.00000320. The van der Waals surface area contributed by atoms with E-state index in [1.165, 1.54) is 5.56 Å². The van der Waals surface area contributed by atoms with Gasteiger partial charge in [-0.1, -0.05) is 17.3 Å². The summed E-state index contributed by atoms with van der Waals surface area (Å²) in [6.07, 6.45) is 2.51. The van der Waals surface area contributed by atoms with Crippen LogP contribution in [-0.4, -0.2) is 74.5 Å². The lowest BCUT2D eigenvalue weighted by molar-refractivity contribution is 0.169. The largest absolute Gasteiger partial charge is 0.493 e. The number of piperazine rings is 1. The summed E-state index contributed by atoms with van der Waals surface area (Å²) in [5.41, 5.74) is 2.14. The van der Waals surface area contributed by atoms with Crippen LogP contribution >= 0.6 is 24.0 Å². The third kappa shape index (κ3) is 7.77. The van der Waals surface area contributed by atoms with Crippen molar-refractivity contribution in [1.82, 2.24) is 20.3 Å². The van der Waals surface area contributed by atoms with Crippen LogP contribution in [0, 0.1) is 0 Å². The minimum absolute atomic E-state index is 0. The highest BCUT2D eigenvalue weighted by atomic mass is 127. The van der Waals surface area contributed by atoms with E-state index in [1.807, 2.05) is 25.2 Å². The normalized spacial score (nSPS) is 15.0.